The van der Waals surface area contributed by atoms with Gasteiger partial charge in [-0.1, -0.05) is 48.5 Å². The van der Waals surface area contributed by atoms with E-state index in [1.807, 2.05) is 71.3 Å². The molecule has 0 spiro atoms. The van der Waals surface area contributed by atoms with Crippen LogP contribution in [0.3, 0.4) is 0 Å². The molecule has 3 nitrogen and oxygen atoms in total. The maximum absolute atomic E-state index is 13.1. The highest BCUT2D eigenvalue weighted by molar-refractivity contribution is 6.02. The van der Waals surface area contributed by atoms with Crippen molar-refractivity contribution in [2.75, 3.05) is 0 Å². The van der Waals surface area contributed by atoms with Crippen molar-refractivity contribution in [2.24, 2.45) is 0 Å². The zero-order chi connectivity index (χ0) is 17.7. The highest BCUT2D eigenvalue weighted by Gasteiger charge is 2.15. The van der Waals surface area contributed by atoms with Crippen LogP contribution in [0, 0.1) is 0 Å². The lowest BCUT2D eigenvalue weighted by atomic mass is 10.0. The molecule has 0 N–H and O–H groups in total. The first-order valence-electron chi connectivity index (χ1n) is 8.59. The number of nitrogens with zero attached hydrogens (tertiary/aromatic N) is 1. The van der Waals surface area contributed by atoms with Crippen LogP contribution >= 0.6 is 0 Å². The lowest BCUT2D eigenvalue weighted by molar-refractivity contribution is 1.11. The van der Waals surface area contributed by atoms with Crippen LogP contribution in [-0.4, -0.2) is 4.40 Å². The summed E-state index contributed by atoms with van der Waals surface area (Å²) in [7, 11) is 0. The summed E-state index contributed by atoms with van der Waals surface area (Å²) < 4.78 is 2.00. The smallest absolute Gasteiger partial charge is 0.197 e. The first-order valence-corrected chi connectivity index (χ1v) is 8.59. The van der Waals surface area contributed by atoms with Crippen molar-refractivity contribution < 1.29 is 0 Å². The van der Waals surface area contributed by atoms with E-state index in [0.717, 1.165) is 16.6 Å². The Bertz CT molecular complexity index is 1380. The van der Waals surface area contributed by atoms with Crippen LogP contribution in [0.1, 0.15) is 11.1 Å². The summed E-state index contributed by atoms with van der Waals surface area (Å²) in [4.78, 5) is 25.9. The van der Waals surface area contributed by atoms with Crippen molar-refractivity contribution in [3.05, 3.63) is 111 Å². The molecule has 3 aromatic carbocycles. The van der Waals surface area contributed by atoms with E-state index in [2.05, 4.69) is 0 Å². The highest BCUT2D eigenvalue weighted by Crippen LogP contribution is 2.22. The van der Waals surface area contributed by atoms with Gasteiger partial charge in [-0.2, -0.15) is 0 Å². The summed E-state index contributed by atoms with van der Waals surface area (Å²) in [5.41, 5.74) is 3.32. The van der Waals surface area contributed by atoms with E-state index in [9.17, 15) is 9.59 Å². The maximum Gasteiger partial charge on any atom is 0.197 e. The Morgan fingerprint density at radius 1 is 0.654 bits per heavy atom. The zero-order valence-electron chi connectivity index (χ0n) is 14.0. The van der Waals surface area contributed by atoms with Crippen LogP contribution < -0.4 is 10.9 Å². The van der Waals surface area contributed by atoms with Crippen molar-refractivity contribution in [3.63, 3.8) is 0 Å². The number of para-hydroxylation sites is 2. The van der Waals surface area contributed by atoms with Gasteiger partial charge in [-0.05, 0) is 29.8 Å². The molecule has 0 amide bonds. The molecule has 0 radical (unpaired) electrons. The Kier molecular flexibility index (Phi) is 3.16. The molecule has 5 rings (SSSR count). The number of benzene rings is 3. The Morgan fingerprint density at radius 2 is 1.31 bits per heavy atom. The van der Waals surface area contributed by atoms with E-state index < -0.39 is 0 Å². The molecular weight excluding hydrogens is 322 g/mol. The maximum atomic E-state index is 13.1. The van der Waals surface area contributed by atoms with E-state index in [1.54, 1.807) is 12.1 Å². The fourth-order valence-electron chi connectivity index (χ4n) is 3.77. The van der Waals surface area contributed by atoms with Crippen molar-refractivity contribution in [3.8, 4) is 0 Å². The molecule has 0 aliphatic carbocycles. The lowest BCUT2D eigenvalue weighted by Gasteiger charge is -2.13. The SMILES string of the molecule is O=c1c(Cc2ccccc2)cn2c3ccccc3c(=O)c3cccc1c32. The molecule has 2 heterocycles. The Morgan fingerprint density at radius 3 is 2.12 bits per heavy atom. The summed E-state index contributed by atoms with van der Waals surface area (Å²) in [6.45, 7) is 0. The summed E-state index contributed by atoms with van der Waals surface area (Å²) >= 11 is 0. The van der Waals surface area contributed by atoms with Gasteiger partial charge in [0.1, 0.15) is 0 Å². The standard InChI is InChI=1S/C23H15NO2/c25-22-16(13-15-7-2-1-3-8-15)14-24-20-12-5-4-9-17(20)23(26)19-11-6-10-18(22)21(19)24/h1-12,14H,13H2. The number of hydrogen-bond acceptors (Lipinski definition) is 2. The summed E-state index contributed by atoms with van der Waals surface area (Å²) in [5.74, 6) is 0. The molecule has 124 valence electrons. The quantitative estimate of drug-likeness (QED) is 0.361. The van der Waals surface area contributed by atoms with Gasteiger partial charge in [0, 0.05) is 34.3 Å². The van der Waals surface area contributed by atoms with Gasteiger partial charge >= 0.3 is 0 Å². The van der Waals surface area contributed by atoms with E-state index in [-0.39, 0.29) is 10.9 Å². The van der Waals surface area contributed by atoms with Crippen LogP contribution in [0.2, 0.25) is 0 Å². The molecule has 0 unspecified atom stereocenters. The third-order valence-corrected chi connectivity index (χ3v) is 4.99. The Balaban J connectivity index is 1.95. The van der Waals surface area contributed by atoms with Gasteiger partial charge in [0.25, 0.3) is 0 Å². The van der Waals surface area contributed by atoms with Crippen LogP contribution in [0.5, 0.6) is 0 Å². The van der Waals surface area contributed by atoms with Crippen LogP contribution in [0.25, 0.3) is 27.2 Å². The van der Waals surface area contributed by atoms with Crippen molar-refractivity contribution in [1.29, 1.82) is 0 Å². The van der Waals surface area contributed by atoms with Crippen molar-refractivity contribution in [2.45, 2.75) is 6.42 Å². The molecule has 0 bridgehead atoms. The molecule has 2 aromatic heterocycles. The minimum Gasteiger partial charge on any atom is -0.315 e. The van der Waals surface area contributed by atoms with E-state index in [1.165, 1.54) is 0 Å². The monoisotopic (exact) mass is 337 g/mol. The molecule has 0 aliphatic rings. The number of rotatable bonds is 2. The first kappa shape index (κ1) is 14.8. The normalized spacial score (nSPS) is 11.5. The van der Waals surface area contributed by atoms with Crippen LogP contribution in [0.4, 0.5) is 0 Å². The second-order valence-corrected chi connectivity index (χ2v) is 6.56. The molecule has 26 heavy (non-hydrogen) atoms. The van der Waals surface area contributed by atoms with Crippen molar-refractivity contribution >= 4 is 27.2 Å². The molecule has 0 atom stereocenters. The minimum atomic E-state index is -0.0265. The Labute approximate surface area is 149 Å². The molecule has 5 aromatic rings. The van der Waals surface area contributed by atoms with Gasteiger partial charge in [0.2, 0.25) is 0 Å². The third kappa shape index (κ3) is 2.07. The second-order valence-electron chi connectivity index (χ2n) is 6.56. The minimum absolute atomic E-state index is 0.00543. The van der Waals surface area contributed by atoms with Crippen LogP contribution in [0.15, 0.2) is 88.6 Å². The van der Waals surface area contributed by atoms with Crippen LogP contribution in [-0.2, 0) is 6.42 Å². The first-order chi connectivity index (χ1) is 12.7. The molecule has 0 fully saturated rings. The van der Waals surface area contributed by atoms with E-state index >= 15 is 0 Å². The van der Waals surface area contributed by atoms with Gasteiger partial charge in [0.15, 0.2) is 10.9 Å². The number of aromatic nitrogens is 1. The number of pyridine rings is 2. The van der Waals surface area contributed by atoms with Gasteiger partial charge in [-0.3, -0.25) is 9.59 Å². The predicted molar refractivity (Wildman–Crippen MR) is 105 cm³/mol. The van der Waals surface area contributed by atoms with Crippen molar-refractivity contribution in [1.82, 2.24) is 4.40 Å². The van der Waals surface area contributed by atoms with E-state index in [0.29, 0.717) is 28.1 Å². The fourth-order valence-corrected chi connectivity index (χ4v) is 3.77. The fraction of sp³-hybridized carbons (Fsp3) is 0.0435. The predicted octanol–water partition coefficient (Wildman–Crippen LogP) is 3.99. The average molecular weight is 337 g/mol. The summed E-state index contributed by atoms with van der Waals surface area (Å²) in [6, 6.07) is 22.9. The Hall–Kier alpha value is -3.46. The van der Waals surface area contributed by atoms with Gasteiger partial charge in [-0.15, -0.1) is 0 Å². The van der Waals surface area contributed by atoms with Gasteiger partial charge in [-0.25, -0.2) is 0 Å². The largest absolute Gasteiger partial charge is 0.315 e. The number of fused-ring (bicyclic) bond motifs is 2. The van der Waals surface area contributed by atoms with E-state index in [4.69, 9.17) is 0 Å². The van der Waals surface area contributed by atoms with Gasteiger partial charge in [0.05, 0.1) is 11.0 Å². The topological polar surface area (TPSA) is 38.5 Å². The third-order valence-electron chi connectivity index (χ3n) is 4.99. The molecular formula is C23H15NO2. The summed E-state index contributed by atoms with van der Waals surface area (Å²) in [6.07, 6.45) is 2.46. The molecule has 0 saturated carbocycles. The zero-order valence-corrected chi connectivity index (χ0v) is 14.0. The second kappa shape index (κ2) is 5.53. The molecule has 3 heteroatoms. The molecule has 0 aliphatic heterocycles. The highest BCUT2D eigenvalue weighted by atomic mass is 16.1. The lowest BCUT2D eigenvalue weighted by Crippen LogP contribution is -2.16. The average Bonchev–Trinajstić information content (AvgIpc) is 2.69. The van der Waals surface area contributed by atoms with Gasteiger partial charge < -0.3 is 4.40 Å². The summed E-state index contributed by atoms with van der Waals surface area (Å²) in [5, 5.41) is 1.85. The molecule has 0 saturated heterocycles. The number of hydrogen-bond donors (Lipinski definition) is 0.